The summed E-state index contributed by atoms with van der Waals surface area (Å²) in [4.78, 5) is 38.0. The van der Waals surface area contributed by atoms with Gasteiger partial charge in [0.05, 0.1) is 0 Å². The number of unbranched alkanes of at least 4 members (excludes halogenated alkanes) is 41. The van der Waals surface area contributed by atoms with Crippen LogP contribution < -0.4 is 0 Å². The lowest BCUT2D eigenvalue weighted by Gasteiger charge is -2.18. The highest BCUT2D eigenvalue weighted by atomic mass is 16.6. The van der Waals surface area contributed by atoms with Gasteiger partial charge in [-0.05, 0) is 96.3 Å². The first-order valence-electron chi connectivity index (χ1n) is 36.1. The molecule has 480 valence electrons. The van der Waals surface area contributed by atoms with E-state index >= 15 is 0 Å². The van der Waals surface area contributed by atoms with Gasteiger partial charge in [-0.15, -0.1) is 0 Å². The van der Waals surface area contributed by atoms with E-state index in [0.29, 0.717) is 19.3 Å². The molecular weight excluding hydrogens is 1020 g/mol. The van der Waals surface area contributed by atoms with Gasteiger partial charge in [0.2, 0.25) is 0 Å². The Morgan fingerprint density at radius 2 is 0.470 bits per heavy atom. The van der Waals surface area contributed by atoms with Gasteiger partial charge < -0.3 is 14.2 Å². The maximum atomic E-state index is 12.9. The predicted octanol–water partition coefficient (Wildman–Crippen LogP) is 25.0. The van der Waals surface area contributed by atoms with Crippen molar-refractivity contribution in [3.8, 4) is 0 Å². The van der Waals surface area contributed by atoms with Crippen molar-refractivity contribution in [3.05, 3.63) is 85.1 Å². The van der Waals surface area contributed by atoms with E-state index in [0.717, 1.165) is 103 Å². The van der Waals surface area contributed by atoms with E-state index in [-0.39, 0.29) is 31.1 Å². The van der Waals surface area contributed by atoms with Crippen molar-refractivity contribution in [2.75, 3.05) is 13.2 Å². The van der Waals surface area contributed by atoms with E-state index in [9.17, 15) is 14.4 Å². The molecule has 0 aliphatic carbocycles. The minimum absolute atomic E-state index is 0.0745. The molecule has 0 rings (SSSR count). The van der Waals surface area contributed by atoms with Crippen molar-refractivity contribution in [2.24, 2.45) is 0 Å². The largest absolute Gasteiger partial charge is 0.462 e. The standard InChI is InChI=1S/C77H136O6/c1-4-7-10-13-15-17-19-21-23-25-27-29-31-33-35-37-38-40-41-43-45-47-49-51-53-55-57-59-61-64-67-70-76(79)82-73-74(72-81-75(78)69-66-63-12-9-6-3)83-77(80)71-68-65-62-60-58-56-54-52-50-48-46-44-42-39-36-34-32-30-28-26-24-22-20-18-16-14-11-8-5-2/h8,11,16,18,22,24-25,27-28,30,34,36,42,44,74H,4-7,9-10,12-15,17,19-21,23,26,29,31-33,35,37-41,43,45-73H2,1-3H3/b11-8-,18-16-,24-22-,27-25-,30-28-,36-34-,44-42-. The number of carbonyl (C=O) groups is 3. The predicted molar refractivity (Wildman–Crippen MR) is 362 cm³/mol. The minimum Gasteiger partial charge on any atom is -0.462 e. The molecule has 0 aromatic heterocycles. The summed E-state index contributed by atoms with van der Waals surface area (Å²) in [6.07, 6.45) is 95.4. The van der Waals surface area contributed by atoms with Crippen molar-refractivity contribution < 1.29 is 28.6 Å². The van der Waals surface area contributed by atoms with Crippen LogP contribution in [0.3, 0.4) is 0 Å². The van der Waals surface area contributed by atoms with E-state index in [1.807, 2.05) is 0 Å². The number of hydrogen-bond donors (Lipinski definition) is 0. The Kier molecular flexibility index (Phi) is 68.2. The quantitative estimate of drug-likeness (QED) is 0.0261. The molecule has 0 fully saturated rings. The second kappa shape index (κ2) is 71.1. The summed E-state index contributed by atoms with van der Waals surface area (Å²) in [5, 5.41) is 0. The van der Waals surface area contributed by atoms with Crippen molar-refractivity contribution in [2.45, 2.75) is 374 Å². The molecule has 0 spiro atoms. The summed E-state index contributed by atoms with van der Waals surface area (Å²) in [6, 6.07) is 0. The fourth-order valence-corrected chi connectivity index (χ4v) is 10.5. The van der Waals surface area contributed by atoms with Crippen molar-refractivity contribution >= 4 is 17.9 Å². The van der Waals surface area contributed by atoms with Gasteiger partial charge in [0, 0.05) is 19.3 Å². The molecule has 0 N–H and O–H groups in total. The zero-order valence-corrected chi connectivity index (χ0v) is 55.2. The van der Waals surface area contributed by atoms with Crippen LogP contribution in [0.1, 0.15) is 367 Å². The Hall–Kier alpha value is -3.41. The van der Waals surface area contributed by atoms with Crippen LogP contribution in [0.5, 0.6) is 0 Å². The van der Waals surface area contributed by atoms with Gasteiger partial charge in [-0.1, -0.05) is 337 Å². The van der Waals surface area contributed by atoms with Crippen molar-refractivity contribution in [1.82, 2.24) is 0 Å². The summed E-state index contributed by atoms with van der Waals surface area (Å²) < 4.78 is 16.8. The van der Waals surface area contributed by atoms with Gasteiger partial charge in [-0.2, -0.15) is 0 Å². The lowest BCUT2D eigenvalue weighted by molar-refractivity contribution is -0.167. The second-order valence-electron chi connectivity index (χ2n) is 24.1. The van der Waals surface area contributed by atoms with E-state index in [2.05, 4.69) is 106 Å². The molecular formula is C77H136O6. The Morgan fingerprint density at radius 1 is 0.253 bits per heavy atom. The lowest BCUT2D eigenvalue weighted by Crippen LogP contribution is -2.30. The van der Waals surface area contributed by atoms with Crippen molar-refractivity contribution in [3.63, 3.8) is 0 Å². The molecule has 0 aliphatic rings. The lowest BCUT2D eigenvalue weighted by atomic mass is 10.0. The molecule has 0 amide bonds. The highest BCUT2D eigenvalue weighted by molar-refractivity contribution is 5.71. The molecule has 6 heteroatoms. The van der Waals surface area contributed by atoms with Crippen LogP contribution in [-0.4, -0.2) is 37.2 Å². The van der Waals surface area contributed by atoms with Gasteiger partial charge in [0.15, 0.2) is 6.10 Å². The van der Waals surface area contributed by atoms with Crippen LogP contribution in [0.2, 0.25) is 0 Å². The van der Waals surface area contributed by atoms with E-state index in [1.54, 1.807) is 0 Å². The molecule has 6 nitrogen and oxygen atoms in total. The van der Waals surface area contributed by atoms with E-state index < -0.39 is 6.10 Å². The second-order valence-corrected chi connectivity index (χ2v) is 24.1. The molecule has 0 saturated carbocycles. The molecule has 0 bridgehead atoms. The molecule has 0 aliphatic heterocycles. The van der Waals surface area contributed by atoms with E-state index in [4.69, 9.17) is 14.2 Å². The fraction of sp³-hybridized carbons (Fsp3) is 0.779. The maximum absolute atomic E-state index is 12.9. The molecule has 0 saturated heterocycles. The highest BCUT2D eigenvalue weighted by Crippen LogP contribution is 2.18. The SMILES string of the molecule is CC/C=C\C/C=C\C/C=C\C/C=C\C/C=C\C/C=C\CCCCCCCCCCCCC(=O)OC(COC(=O)CCCCCCC)COC(=O)CCCCCCCCCCCCCCCCCCCCC/C=C\CCCCCCCCCC. The highest BCUT2D eigenvalue weighted by Gasteiger charge is 2.19. The van der Waals surface area contributed by atoms with Gasteiger partial charge in [-0.3, -0.25) is 14.4 Å². The van der Waals surface area contributed by atoms with Crippen molar-refractivity contribution in [1.29, 1.82) is 0 Å². The molecule has 1 unspecified atom stereocenters. The number of esters is 3. The van der Waals surface area contributed by atoms with Gasteiger partial charge in [0.25, 0.3) is 0 Å². The summed E-state index contributed by atoms with van der Waals surface area (Å²) >= 11 is 0. The number of allylic oxidation sites excluding steroid dienone is 14. The summed E-state index contributed by atoms with van der Waals surface area (Å²) in [5.74, 6) is -0.877. The molecule has 0 heterocycles. The van der Waals surface area contributed by atoms with Crippen LogP contribution in [0.15, 0.2) is 85.1 Å². The van der Waals surface area contributed by atoms with Crippen LogP contribution in [0.25, 0.3) is 0 Å². The van der Waals surface area contributed by atoms with Crippen LogP contribution in [0.4, 0.5) is 0 Å². The Bertz CT molecular complexity index is 1570. The first-order chi connectivity index (χ1) is 41.0. The van der Waals surface area contributed by atoms with Crippen LogP contribution in [0, 0.1) is 0 Å². The Labute approximate surface area is 515 Å². The molecule has 0 radical (unpaired) electrons. The molecule has 1 atom stereocenters. The zero-order valence-electron chi connectivity index (χ0n) is 55.2. The Balaban J connectivity index is 3.96. The fourth-order valence-electron chi connectivity index (χ4n) is 10.5. The minimum atomic E-state index is -0.775. The van der Waals surface area contributed by atoms with E-state index in [1.165, 1.54) is 225 Å². The third kappa shape index (κ3) is 69.3. The summed E-state index contributed by atoms with van der Waals surface area (Å²) in [7, 11) is 0. The first-order valence-corrected chi connectivity index (χ1v) is 36.1. The third-order valence-electron chi connectivity index (χ3n) is 15.9. The molecule has 83 heavy (non-hydrogen) atoms. The molecule has 0 aromatic rings. The average Bonchev–Trinajstić information content (AvgIpc) is 3.48. The third-order valence-corrected chi connectivity index (χ3v) is 15.9. The number of rotatable bonds is 66. The molecule has 0 aromatic carbocycles. The summed E-state index contributed by atoms with van der Waals surface area (Å²) in [6.45, 7) is 6.48. The van der Waals surface area contributed by atoms with Crippen LogP contribution in [-0.2, 0) is 28.6 Å². The summed E-state index contributed by atoms with van der Waals surface area (Å²) in [5.41, 5.74) is 0. The number of ether oxygens (including phenoxy) is 3. The number of carbonyl (C=O) groups excluding carboxylic acids is 3. The Morgan fingerprint density at radius 3 is 0.747 bits per heavy atom. The number of hydrogen-bond acceptors (Lipinski definition) is 6. The maximum Gasteiger partial charge on any atom is 0.306 e. The normalized spacial score (nSPS) is 12.6. The zero-order chi connectivity index (χ0) is 59.9. The van der Waals surface area contributed by atoms with Crippen LogP contribution >= 0.6 is 0 Å². The average molecular weight is 1160 g/mol. The smallest absolute Gasteiger partial charge is 0.306 e. The monoisotopic (exact) mass is 1160 g/mol. The topological polar surface area (TPSA) is 78.9 Å². The van der Waals surface area contributed by atoms with Gasteiger partial charge in [0.1, 0.15) is 13.2 Å². The first kappa shape index (κ1) is 79.6. The van der Waals surface area contributed by atoms with Gasteiger partial charge in [-0.25, -0.2) is 0 Å². The van der Waals surface area contributed by atoms with Gasteiger partial charge >= 0.3 is 17.9 Å².